The third kappa shape index (κ3) is 3.52. The summed E-state index contributed by atoms with van der Waals surface area (Å²) in [6.07, 6.45) is 0.0385. The number of hydrogen-bond acceptors (Lipinski definition) is 2. The molecule has 2 aromatic rings. The minimum Gasteiger partial charge on any atom is -0.481 e. The molecular weight excluding hydrogens is 268 g/mol. The van der Waals surface area contributed by atoms with Crippen molar-refractivity contribution in [3.05, 3.63) is 59.1 Å². The van der Waals surface area contributed by atoms with E-state index in [9.17, 15) is 4.79 Å². The van der Waals surface area contributed by atoms with Gasteiger partial charge >= 0.3 is 5.97 Å². The average Bonchev–Trinajstić information content (AvgIpc) is 2.34. The second kappa shape index (κ2) is 5.94. The van der Waals surface area contributed by atoms with E-state index in [1.54, 1.807) is 11.8 Å². The van der Waals surface area contributed by atoms with Crippen LogP contribution in [0, 0.1) is 0 Å². The van der Waals surface area contributed by atoms with Gasteiger partial charge in [-0.15, -0.1) is 0 Å². The van der Waals surface area contributed by atoms with Gasteiger partial charge in [-0.3, -0.25) is 4.79 Å². The molecule has 0 aliphatic heterocycles. The van der Waals surface area contributed by atoms with Crippen molar-refractivity contribution in [2.24, 2.45) is 0 Å². The molecular formula is C14H11ClO2S. The van der Waals surface area contributed by atoms with E-state index >= 15 is 0 Å². The number of halogens is 1. The molecule has 0 spiro atoms. The molecule has 0 amide bonds. The van der Waals surface area contributed by atoms with Crippen LogP contribution >= 0.6 is 23.4 Å². The molecule has 0 saturated carbocycles. The fourth-order valence-electron chi connectivity index (χ4n) is 1.54. The van der Waals surface area contributed by atoms with Gasteiger partial charge in [0.05, 0.1) is 6.42 Å². The van der Waals surface area contributed by atoms with E-state index in [2.05, 4.69) is 0 Å². The molecule has 18 heavy (non-hydrogen) atoms. The molecule has 0 fully saturated rings. The maximum atomic E-state index is 10.8. The van der Waals surface area contributed by atoms with Gasteiger partial charge in [-0.2, -0.15) is 0 Å². The number of carbonyl (C=O) groups is 1. The molecule has 2 aromatic carbocycles. The molecule has 0 atom stereocenters. The van der Waals surface area contributed by atoms with Gasteiger partial charge in [0.15, 0.2) is 0 Å². The first-order valence-corrected chi connectivity index (χ1v) is 6.58. The zero-order valence-electron chi connectivity index (χ0n) is 9.47. The SMILES string of the molecule is O=C(O)Cc1ccccc1Sc1ccc(Cl)cc1. The van der Waals surface area contributed by atoms with Crippen LogP contribution in [0.4, 0.5) is 0 Å². The molecule has 0 radical (unpaired) electrons. The molecule has 92 valence electrons. The van der Waals surface area contributed by atoms with Crippen LogP contribution in [0.1, 0.15) is 5.56 Å². The normalized spacial score (nSPS) is 10.3. The Hall–Kier alpha value is -1.45. The first kappa shape index (κ1) is 13.0. The molecule has 0 unspecified atom stereocenters. The van der Waals surface area contributed by atoms with Crippen LogP contribution < -0.4 is 0 Å². The highest BCUT2D eigenvalue weighted by molar-refractivity contribution is 7.99. The first-order valence-electron chi connectivity index (χ1n) is 5.38. The van der Waals surface area contributed by atoms with E-state index in [0.717, 1.165) is 15.4 Å². The number of rotatable bonds is 4. The summed E-state index contributed by atoms with van der Waals surface area (Å²) in [5.74, 6) is -0.820. The predicted molar refractivity (Wildman–Crippen MR) is 73.4 cm³/mol. The van der Waals surface area contributed by atoms with E-state index in [4.69, 9.17) is 16.7 Å². The second-order valence-electron chi connectivity index (χ2n) is 3.73. The van der Waals surface area contributed by atoms with Crippen molar-refractivity contribution >= 4 is 29.3 Å². The van der Waals surface area contributed by atoms with Crippen LogP contribution in [-0.2, 0) is 11.2 Å². The Kier molecular flexibility index (Phi) is 4.28. The summed E-state index contributed by atoms with van der Waals surface area (Å²) in [6, 6.07) is 15.0. The third-order valence-electron chi connectivity index (χ3n) is 2.36. The molecule has 4 heteroatoms. The summed E-state index contributed by atoms with van der Waals surface area (Å²) in [5, 5.41) is 9.56. The Morgan fingerprint density at radius 3 is 2.44 bits per heavy atom. The highest BCUT2D eigenvalue weighted by Crippen LogP contribution is 2.31. The van der Waals surface area contributed by atoms with Crippen molar-refractivity contribution < 1.29 is 9.90 Å². The van der Waals surface area contributed by atoms with Gasteiger partial charge in [-0.05, 0) is 35.9 Å². The summed E-state index contributed by atoms with van der Waals surface area (Å²) in [5.41, 5.74) is 0.824. The van der Waals surface area contributed by atoms with Crippen molar-refractivity contribution in [2.45, 2.75) is 16.2 Å². The van der Waals surface area contributed by atoms with Crippen molar-refractivity contribution in [3.8, 4) is 0 Å². The van der Waals surface area contributed by atoms with Crippen LogP contribution in [0.5, 0.6) is 0 Å². The van der Waals surface area contributed by atoms with Crippen molar-refractivity contribution in [2.75, 3.05) is 0 Å². The Balaban J connectivity index is 2.23. The van der Waals surface area contributed by atoms with Gasteiger partial charge < -0.3 is 5.11 Å². The highest BCUT2D eigenvalue weighted by atomic mass is 35.5. The predicted octanol–water partition coefficient (Wildman–Crippen LogP) is 4.12. The smallest absolute Gasteiger partial charge is 0.307 e. The molecule has 0 heterocycles. The maximum Gasteiger partial charge on any atom is 0.307 e. The number of carboxylic acid groups (broad SMARTS) is 1. The quantitative estimate of drug-likeness (QED) is 0.914. The van der Waals surface area contributed by atoms with E-state index in [1.807, 2.05) is 48.5 Å². The lowest BCUT2D eigenvalue weighted by molar-refractivity contribution is -0.136. The molecule has 2 nitrogen and oxygen atoms in total. The monoisotopic (exact) mass is 278 g/mol. The van der Waals surface area contributed by atoms with Gasteiger partial charge in [-0.25, -0.2) is 0 Å². The van der Waals surface area contributed by atoms with Crippen molar-refractivity contribution in [1.82, 2.24) is 0 Å². The number of hydrogen-bond donors (Lipinski definition) is 1. The molecule has 2 rings (SSSR count). The number of carboxylic acids is 1. The lowest BCUT2D eigenvalue weighted by Crippen LogP contribution is -2.01. The topological polar surface area (TPSA) is 37.3 Å². The molecule has 0 bridgehead atoms. The van der Waals surface area contributed by atoms with Crippen molar-refractivity contribution in [1.29, 1.82) is 0 Å². The average molecular weight is 279 g/mol. The van der Waals surface area contributed by atoms with Crippen LogP contribution in [0.3, 0.4) is 0 Å². The van der Waals surface area contributed by atoms with Crippen molar-refractivity contribution in [3.63, 3.8) is 0 Å². The summed E-state index contributed by atoms with van der Waals surface area (Å²) in [6.45, 7) is 0. The Bertz CT molecular complexity index is 552. The molecule has 0 aliphatic carbocycles. The molecule has 1 N–H and O–H groups in total. The largest absolute Gasteiger partial charge is 0.481 e. The van der Waals surface area contributed by atoms with Crippen LogP contribution in [0.25, 0.3) is 0 Å². The number of aliphatic carboxylic acids is 1. The highest BCUT2D eigenvalue weighted by Gasteiger charge is 2.07. The first-order chi connectivity index (χ1) is 8.65. The van der Waals surface area contributed by atoms with E-state index < -0.39 is 5.97 Å². The van der Waals surface area contributed by atoms with Crippen LogP contribution in [-0.4, -0.2) is 11.1 Å². The fraction of sp³-hybridized carbons (Fsp3) is 0.0714. The standard InChI is InChI=1S/C14H11ClO2S/c15-11-5-7-12(8-6-11)18-13-4-2-1-3-10(13)9-14(16)17/h1-8H,9H2,(H,16,17). The summed E-state index contributed by atoms with van der Waals surface area (Å²) >= 11 is 7.37. The summed E-state index contributed by atoms with van der Waals surface area (Å²) in [7, 11) is 0. The lowest BCUT2D eigenvalue weighted by Gasteiger charge is -2.07. The molecule has 0 aromatic heterocycles. The fourth-order valence-corrected chi connectivity index (χ4v) is 2.61. The van der Waals surface area contributed by atoms with Crippen LogP contribution in [0.15, 0.2) is 58.3 Å². The zero-order chi connectivity index (χ0) is 13.0. The molecule has 0 aliphatic rings. The van der Waals surface area contributed by atoms with E-state index in [1.165, 1.54) is 0 Å². The minimum atomic E-state index is -0.820. The van der Waals surface area contributed by atoms with Gasteiger partial charge in [0.25, 0.3) is 0 Å². The Morgan fingerprint density at radius 2 is 1.78 bits per heavy atom. The second-order valence-corrected chi connectivity index (χ2v) is 5.29. The van der Waals surface area contributed by atoms with Gasteiger partial charge in [0.2, 0.25) is 0 Å². The number of benzene rings is 2. The Labute approximate surface area is 115 Å². The molecule has 0 saturated heterocycles. The minimum absolute atomic E-state index is 0.0385. The Morgan fingerprint density at radius 1 is 1.11 bits per heavy atom. The van der Waals surface area contributed by atoms with Gasteiger partial charge in [-0.1, -0.05) is 41.6 Å². The summed E-state index contributed by atoms with van der Waals surface area (Å²) < 4.78 is 0. The zero-order valence-corrected chi connectivity index (χ0v) is 11.0. The maximum absolute atomic E-state index is 10.8. The van der Waals surface area contributed by atoms with Gasteiger partial charge in [0, 0.05) is 14.8 Å². The van der Waals surface area contributed by atoms with Crippen LogP contribution in [0.2, 0.25) is 5.02 Å². The summed E-state index contributed by atoms with van der Waals surface area (Å²) in [4.78, 5) is 12.8. The lowest BCUT2D eigenvalue weighted by atomic mass is 10.1. The van der Waals surface area contributed by atoms with E-state index in [-0.39, 0.29) is 6.42 Å². The van der Waals surface area contributed by atoms with E-state index in [0.29, 0.717) is 5.02 Å². The third-order valence-corrected chi connectivity index (χ3v) is 3.73. The van der Waals surface area contributed by atoms with Gasteiger partial charge in [0.1, 0.15) is 0 Å².